The fourth-order valence-corrected chi connectivity index (χ4v) is 2.50. The SMILES string of the molecule is CC(NCCN(C(C)C)C(C)C)c1ccc(Br)o1. The Morgan fingerprint density at radius 3 is 2.22 bits per heavy atom. The van der Waals surface area contributed by atoms with Crippen LogP contribution in [0.25, 0.3) is 0 Å². The van der Waals surface area contributed by atoms with Gasteiger partial charge in [-0.15, -0.1) is 0 Å². The molecule has 0 aliphatic heterocycles. The van der Waals surface area contributed by atoms with Crippen molar-refractivity contribution in [1.29, 1.82) is 0 Å². The van der Waals surface area contributed by atoms with Gasteiger partial charge in [0.2, 0.25) is 0 Å². The summed E-state index contributed by atoms with van der Waals surface area (Å²) in [6.07, 6.45) is 0. The Morgan fingerprint density at radius 2 is 1.78 bits per heavy atom. The largest absolute Gasteiger partial charge is 0.453 e. The molecule has 0 fully saturated rings. The minimum atomic E-state index is 0.248. The second kappa shape index (κ2) is 7.31. The van der Waals surface area contributed by atoms with Crippen LogP contribution in [0.3, 0.4) is 0 Å². The first-order valence-corrected chi connectivity index (χ1v) is 7.45. The van der Waals surface area contributed by atoms with Gasteiger partial charge in [0.1, 0.15) is 5.76 Å². The fourth-order valence-electron chi connectivity index (χ4n) is 2.18. The first kappa shape index (κ1) is 15.7. The molecule has 1 heterocycles. The molecule has 0 amide bonds. The molecule has 1 aromatic rings. The Bertz CT molecular complexity index is 341. The molecule has 1 aromatic heterocycles. The lowest BCUT2D eigenvalue weighted by atomic mass is 10.2. The van der Waals surface area contributed by atoms with Crippen LogP contribution in [0, 0.1) is 0 Å². The van der Waals surface area contributed by atoms with Crippen molar-refractivity contribution in [2.75, 3.05) is 13.1 Å². The van der Waals surface area contributed by atoms with E-state index in [4.69, 9.17) is 4.42 Å². The Balaban J connectivity index is 2.37. The molecular formula is C14H25BrN2O. The minimum absolute atomic E-state index is 0.248. The van der Waals surface area contributed by atoms with Crippen molar-refractivity contribution in [3.8, 4) is 0 Å². The van der Waals surface area contributed by atoms with E-state index in [0.29, 0.717) is 12.1 Å². The summed E-state index contributed by atoms with van der Waals surface area (Å²) in [7, 11) is 0. The van der Waals surface area contributed by atoms with E-state index in [1.54, 1.807) is 0 Å². The maximum absolute atomic E-state index is 5.54. The van der Waals surface area contributed by atoms with Crippen LogP contribution in [0.4, 0.5) is 0 Å². The fraction of sp³-hybridized carbons (Fsp3) is 0.714. The second-order valence-electron chi connectivity index (χ2n) is 5.24. The van der Waals surface area contributed by atoms with Gasteiger partial charge in [-0.25, -0.2) is 0 Å². The van der Waals surface area contributed by atoms with Gasteiger partial charge < -0.3 is 9.73 Å². The van der Waals surface area contributed by atoms with Crippen molar-refractivity contribution in [3.63, 3.8) is 0 Å². The van der Waals surface area contributed by atoms with Crippen molar-refractivity contribution in [3.05, 3.63) is 22.6 Å². The Kier molecular flexibility index (Phi) is 6.39. The summed E-state index contributed by atoms with van der Waals surface area (Å²) in [6.45, 7) is 13.1. The minimum Gasteiger partial charge on any atom is -0.453 e. The number of hydrogen-bond donors (Lipinski definition) is 1. The monoisotopic (exact) mass is 316 g/mol. The molecule has 0 spiro atoms. The van der Waals surface area contributed by atoms with Crippen molar-refractivity contribution in [2.24, 2.45) is 0 Å². The maximum atomic E-state index is 5.54. The van der Waals surface area contributed by atoms with Gasteiger partial charge in [0.05, 0.1) is 6.04 Å². The van der Waals surface area contributed by atoms with Crippen LogP contribution in [-0.4, -0.2) is 30.1 Å². The summed E-state index contributed by atoms with van der Waals surface area (Å²) in [5.41, 5.74) is 0. The molecular weight excluding hydrogens is 292 g/mol. The standard InChI is InChI=1S/C14H25BrN2O/c1-10(2)17(11(3)4)9-8-16-12(5)13-6-7-14(15)18-13/h6-7,10-12,16H,8-9H2,1-5H3. The van der Waals surface area contributed by atoms with E-state index in [2.05, 4.69) is 60.8 Å². The third kappa shape index (κ3) is 4.75. The lowest BCUT2D eigenvalue weighted by molar-refractivity contribution is 0.173. The molecule has 0 saturated carbocycles. The number of rotatable bonds is 7. The molecule has 0 aromatic carbocycles. The zero-order valence-corrected chi connectivity index (χ0v) is 13.6. The topological polar surface area (TPSA) is 28.4 Å². The number of halogens is 1. The van der Waals surface area contributed by atoms with E-state index in [1.807, 2.05) is 12.1 Å². The molecule has 1 atom stereocenters. The smallest absolute Gasteiger partial charge is 0.169 e. The Labute approximate surface area is 119 Å². The number of hydrogen-bond acceptors (Lipinski definition) is 3. The van der Waals surface area contributed by atoms with Crippen LogP contribution >= 0.6 is 15.9 Å². The van der Waals surface area contributed by atoms with E-state index in [9.17, 15) is 0 Å². The van der Waals surface area contributed by atoms with Crippen molar-refractivity contribution >= 4 is 15.9 Å². The van der Waals surface area contributed by atoms with E-state index < -0.39 is 0 Å². The summed E-state index contributed by atoms with van der Waals surface area (Å²) in [4.78, 5) is 2.48. The molecule has 4 heteroatoms. The molecule has 18 heavy (non-hydrogen) atoms. The van der Waals surface area contributed by atoms with Crippen LogP contribution in [0.1, 0.15) is 46.4 Å². The van der Waals surface area contributed by atoms with Crippen molar-refractivity contribution in [1.82, 2.24) is 10.2 Å². The van der Waals surface area contributed by atoms with E-state index in [0.717, 1.165) is 23.5 Å². The molecule has 1 rings (SSSR count). The van der Waals surface area contributed by atoms with Crippen LogP contribution < -0.4 is 5.32 Å². The van der Waals surface area contributed by atoms with Crippen molar-refractivity contribution < 1.29 is 4.42 Å². The van der Waals surface area contributed by atoms with Gasteiger partial charge in [-0.05, 0) is 62.7 Å². The van der Waals surface area contributed by atoms with Crippen LogP contribution in [-0.2, 0) is 0 Å². The molecule has 3 nitrogen and oxygen atoms in total. The predicted molar refractivity (Wildman–Crippen MR) is 79.8 cm³/mol. The van der Waals surface area contributed by atoms with E-state index in [-0.39, 0.29) is 6.04 Å². The molecule has 0 radical (unpaired) electrons. The van der Waals surface area contributed by atoms with Gasteiger partial charge in [0.15, 0.2) is 4.67 Å². The highest BCUT2D eigenvalue weighted by molar-refractivity contribution is 9.10. The van der Waals surface area contributed by atoms with Gasteiger partial charge in [0, 0.05) is 25.2 Å². The molecule has 0 aliphatic rings. The highest BCUT2D eigenvalue weighted by Crippen LogP contribution is 2.19. The van der Waals surface area contributed by atoms with Gasteiger partial charge in [-0.2, -0.15) is 0 Å². The number of nitrogens with zero attached hydrogens (tertiary/aromatic N) is 1. The second-order valence-corrected chi connectivity index (χ2v) is 6.02. The number of nitrogens with one attached hydrogen (secondary N) is 1. The average Bonchev–Trinajstić information content (AvgIpc) is 2.69. The van der Waals surface area contributed by atoms with E-state index in [1.165, 1.54) is 0 Å². The predicted octanol–water partition coefficient (Wildman–Crippen LogP) is 3.81. The quantitative estimate of drug-likeness (QED) is 0.829. The molecule has 0 saturated heterocycles. The molecule has 1 unspecified atom stereocenters. The lowest BCUT2D eigenvalue weighted by Gasteiger charge is -2.30. The lowest BCUT2D eigenvalue weighted by Crippen LogP contribution is -2.41. The third-order valence-electron chi connectivity index (χ3n) is 3.17. The first-order valence-electron chi connectivity index (χ1n) is 6.66. The average molecular weight is 317 g/mol. The zero-order valence-electron chi connectivity index (χ0n) is 12.0. The summed E-state index contributed by atoms with van der Waals surface area (Å²) in [5, 5.41) is 3.50. The van der Waals surface area contributed by atoms with Gasteiger partial charge in [-0.3, -0.25) is 4.90 Å². The normalized spacial score (nSPS) is 13.8. The highest BCUT2D eigenvalue weighted by atomic mass is 79.9. The Hall–Kier alpha value is -0.320. The maximum Gasteiger partial charge on any atom is 0.169 e. The van der Waals surface area contributed by atoms with Crippen LogP contribution in [0.5, 0.6) is 0 Å². The van der Waals surface area contributed by atoms with Crippen LogP contribution in [0.2, 0.25) is 0 Å². The summed E-state index contributed by atoms with van der Waals surface area (Å²) < 4.78 is 6.33. The third-order valence-corrected chi connectivity index (χ3v) is 3.59. The van der Waals surface area contributed by atoms with Gasteiger partial charge in [-0.1, -0.05) is 0 Å². The summed E-state index contributed by atoms with van der Waals surface area (Å²) in [5.74, 6) is 0.975. The Morgan fingerprint density at radius 1 is 1.17 bits per heavy atom. The summed E-state index contributed by atoms with van der Waals surface area (Å²) >= 11 is 3.33. The molecule has 0 bridgehead atoms. The van der Waals surface area contributed by atoms with E-state index >= 15 is 0 Å². The van der Waals surface area contributed by atoms with Crippen molar-refractivity contribution in [2.45, 2.75) is 52.7 Å². The molecule has 104 valence electrons. The van der Waals surface area contributed by atoms with Gasteiger partial charge in [0.25, 0.3) is 0 Å². The van der Waals surface area contributed by atoms with Crippen LogP contribution in [0.15, 0.2) is 21.2 Å². The molecule has 1 N–H and O–H groups in total. The summed E-state index contributed by atoms with van der Waals surface area (Å²) in [6, 6.07) is 5.35. The first-order chi connectivity index (χ1) is 8.41. The number of furan rings is 1. The zero-order chi connectivity index (χ0) is 13.7. The highest BCUT2D eigenvalue weighted by Gasteiger charge is 2.14. The van der Waals surface area contributed by atoms with Gasteiger partial charge >= 0.3 is 0 Å². The molecule has 0 aliphatic carbocycles.